The zero-order chi connectivity index (χ0) is 33.2. The highest BCUT2D eigenvalue weighted by Gasteiger charge is 2.53. The van der Waals surface area contributed by atoms with Gasteiger partial charge < -0.3 is 41.2 Å². The summed E-state index contributed by atoms with van der Waals surface area (Å²) in [6.07, 6.45) is -4.18. The summed E-state index contributed by atoms with van der Waals surface area (Å²) in [4.78, 5) is 46.6. The van der Waals surface area contributed by atoms with Crippen LogP contribution in [0.2, 0.25) is 0 Å². The van der Waals surface area contributed by atoms with Crippen molar-refractivity contribution in [2.45, 2.75) is 49.4 Å². The molecule has 2 bridgehead atoms. The summed E-state index contributed by atoms with van der Waals surface area (Å²) in [5.74, 6) is -0.697. The number of aliphatic hydroxyl groups is 1. The molecular formula is C22H29N11O10P2S2. The van der Waals surface area contributed by atoms with Gasteiger partial charge in [-0.25, -0.2) is 24.5 Å². The highest BCUT2D eigenvalue weighted by molar-refractivity contribution is 8.44. The minimum atomic E-state index is -4.27. The molecule has 0 spiro atoms. The fourth-order valence-electron chi connectivity index (χ4n) is 5.94. The molecule has 3 aliphatic rings. The van der Waals surface area contributed by atoms with Gasteiger partial charge in [-0.3, -0.25) is 32.5 Å². The molecule has 7 heterocycles. The Kier molecular flexibility index (Phi) is 8.65. The lowest BCUT2D eigenvalue weighted by Gasteiger charge is -2.27. The van der Waals surface area contributed by atoms with E-state index in [0.717, 1.165) is 0 Å². The maximum absolute atomic E-state index is 13.8. The lowest BCUT2D eigenvalue weighted by molar-refractivity contribution is -0.0584. The van der Waals surface area contributed by atoms with Gasteiger partial charge >= 0.3 is 13.5 Å². The number of hydrogen-bond acceptors (Lipinski definition) is 18. The summed E-state index contributed by atoms with van der Waals surface area (Å²) >= 11 is 9.56. The molecule has 9 N–H and O–H groups in total. The zero-order valence-corrected chi connectivity index (χ0v) is 27.5. The van der Waals surface area contributed by atoms with E-state index in [9.17, 15) is 19.4 Å². The van der Waals surface area contributed by atoms with E-state index in [0.29, 0.717) is 0 Å². The van der Waals surface area contributed by atoms with Gasteiger partial charge in [0.25, 0.3) is 5.56 Å². The molecule has 25 heteroatoms. The molecule has 7 rings (SSSR count). The van der Waals surface area contributed by atoms with Crippen LogP contribution in [0.4, 0.5) is 11.8 Å². The SMILES string of the molecule is NCCC1[C@H]2COP(O)(=S)OC3[C@@H](COP(=O)(S)O[C@@H]1[C@H](n1cnc4c(=O)[nH]c(N)nc41)O2)O[C@@H](n1cnc2c(N)ncnc21)[C@H]3O. The number of rotatable bonds is 4. The Morgan fingerprint density at radius 3 is 2.47 bits per heavy atom. The second kappa shape index (κ2) is 12.4. The van der Waals surface area contributed by atoms with E-state index < -0.39 is 74.6 Å². The minimum absolute atomic E-state index is 0.0343. The molecule has 0 saturated carbocycles. The summed E-state index contributed by atoms with van der Waals surface area (Å²) in [6, 6.07) is 0. The molecule has 47 heavy (non-hydrogen) atoms. The number of nitrogen functional groups attached to an aromatic ring is 2. The monoisotopic (exact) mass is 733 g/mol. The van der Waals surface area contributed by atoms with Crippen molar-refractivity contribution >= 4 is 71.7 Å². The molecule has 0 amide bonds. The molecule has 4 aromatic heterocycles. The third-order valence-corrected chi connectivity index (χ3v) is 11.2. The number of fused-ring (bicyclic) bond motifs is 5. The van der Waals surface area contributed by atoms with Crippen LogP contribution in [0.15, 0.2) is 23.8 Å². The summed E-state index contributed by atoms with van der Waals surface area (Å²) in [6.45, 7) is -9.10. The van der Waals surface area contributed by atoms with Crippen molar-refractivity contribution < 1.29 is 42.1 Å². The predicted molar refractivity (Wildman–Crippen MR) is 168 cm³/mol. The van der Waals surface area contributed by atoms with Crippen molar-refractivity contribution in [2.75, 3.05) is 31.2 Å². The van der Waals surface area contributed by atoms with Crippen LogP contribution < -0.4 is 22.8 Å². The van der Waals surface area contributed by atoms with E-state index in [1.165, 1.54) is 28.1 Å². The summed E-state index contributed by atoms with van der Waals surface area (Å²) in [5.41, 5.74) is 17.6. The number of hydrogen-bond donors (Lipinski definition) is 7. The third-order valence-electron chi connectivity index (χ3n) is 8.00. The summed E-state index contributed by atoms with van der Waals surface area (Å²) in [7, 11) is 0. The second-order valence-electron chi connectivity index (χ2n) is 10.9. The smallest absolute Gasteiger partial charge is 0.386 e. The first-order valence-electron chi connectivity index (χ1n) is 14.0. The lowest BCUT2D eigenvalue weighted by Crippen LogP contribution is -2.36. The first-order valence-corrected chi connectivity index (χ1v) is 19.3. The quantitative estimate of drug-likeness (QED) is 0.101. The second-order valence-corrected chi connectivity index (χ2v) is 16.6. The third kappa shape index (κ3) is 6.09. The molecule has 254 valence electrons. The number of ether oxygens (including phenoxy) is 2. The fraction of sp³-hybridized carbons (Fsp3) is 0.545. The number of H-pyrrole nitrogens is 1. The maximum atomic E-state index is 13.8. The van der Waals surface area contributed by atoms with Gasteiger partial charge in [0.1, 0.15) is 36.3 Å². The largest absolute Gasteiger partial charge is 0.386 e. The highest BCUT2D eigenvalue weighted by atomic mass is 32.7. The Morgan fingerprint density at radius 1 is 1.00 bits per heavy atom. The molecule has 0 aromatic carbocycles. The van der Waals surface area contributed by atoms with E-state index >= 15 is 0 Å². The van der Waals surface area contributed by atoms with Crippen molar-refractivity contribution in [3.8, 4) is 0 Å². The van der Waals surface area contributed by atoms with Crippen LogP contribution in [0.3, 0.4) is 0 Å². The van der Waals surface area contributed by atoms with Crippen molar-refractivity contribution in [3.63, 3.8) is 0 Å². The van der Waals surface area contributed by atoms with Crippen LogP contribution >= 0.6 is 25.8 Å². The Bertz CT molecular complexity index is 1980. The molecule has 21 nitrogen and oxygen atoms in total. The maximum Gasteiger partial charge on any atom is 0.386 e. The Morgan fingerprint density at radius 2 is 1.70 bits per heavy atom. The highest BCUT2D eigenvalue weighted by Crippen LogP contribution is 2.59. The number of nitrogens with zero attached hydrogens (tertiary/aromatic N) is 7. The number of thiol groups is 1. The van der Waals surface area contributed by atoms with Gasteiger partial charge in [0.15, 0.2) is 35.1 Å². The summed E-state index contributed by atoms with van der Waals surface area (Å²) in [5, 5.41) is 11.4. The van der Waals surface area contributed by atoms with Crippen LogP contribution in [-0.4, -0.2) is 99.3 Å². The average molecular weight is 734 g/mol. The molecule has 10 atom stereocenters. The van der Waals surface area contributed by atoms with Crippen LogP contribution in [0.25, 0.3) is 22.3 Å². The first kappa shape index (κ1) is 32.9. The van der Waals surface area contributed by atoms with Crippen LogP contribution in [0, 0.1) is 5.92 Å². The molecule has 3 fully saturated rings. The Labute approximate surface area is 274 Å². The average Bonchev–Trinajstić information content (AvgIpc) is 3.76. The van der Waals surface area contributed by atoms with Gasteiger partial charge in [-0.1, -0.05) is 12.2 Å². The zero-order valence-electron chi connectivity index (χ0n) is 24.0. The van der Waals surface area contributed by atoms with E-state index in [1.807, 2.05) is 0 Å². The van der Waals surface area contributed by atoms with Crippen molar-refractivity contribution in [1.29, 1.82) is 0 Å². The van der Waals surface area contributed by atoms with Gasteiger partial charge in [-0.15, -0.1) is 0 Å². The number of aromatic amines is 1. The molecule has 0 radical (unpaired) electrons. The van der Waals surface area contributed by atoms with Gasteiger partial charge in [0.05, 0.1) is 32.0 Å². The Hall–Kier alpha value is -2.63. The minimum Gasteiger partial charge on any atom is -0.386 e. The van der Waals surface area contributed by atoms with Crippen LogP contribution in [0.1, 0.15) is 18.9 Å². The molecule has 4 aromatic rings. The number of nitrogens with two attached hydrogens (primary N) is 3. The van der Waals surface area contributed by atoms with Crippen molar-refractivity contribution in [1.82, 2.24) is 39.0 Å². The topological polar surface area (TPSA) is 298 Å². The van der Waals surface area contributed by atoms with Gasteiger partial charge in [-0.05, 0) is 24.8 Å². The van der Waals surface area contributed by atoms with Gasteiger partial charge in [-0.2, -0.15) is 4.98 Å². The van der Waals surface area contributed by atoms with Crippen molar-refractivity contribution in [2.24, 2.45) is 11.7 Å². The lowest BCUT2D eigenvalue weighted by atomic mass is 9.94. The number of aromatic nitrogens is 8. The number of anilines is 2. The predicted octanol–water partition coefficient (Wildman–Crippen LogP) is -0.683. The standard InChI is InChI=1S/C22H29N11O10P2S2/c23-2-1-8-9-3-38-45(37,47)43-15-10(41-20(13(15)34)32-6-28-11-16(24)26-5-27-17(11)32)4-39-44(36,46)42-14(8)21(40-9)33-7-29-12-18(33)30-22(25)31-19(12)35/h5-10,13-15,20-21,34H,1-4,23H2,(H,36,46)(H,37,47)(H2,24,26,27)(H3,25,30,31,35)/t8?,9-,10-,13+,14+,15?,20-,21-,44?,45?/m1/s1. The first-order chi connectivity index (χ1) is 22.4. The van der Waals surface area contributed by atoms with Crippen molar-refractivity contribution in [3.05, 3.63) is 29.3 Å². The van der Waals surface area contributed by atoms with Gasteiger partial charge in [0.2, 0.25) is 5.95 Å². The molecule has 0 aliphatic carbocycles. The summed E-state index contributed by atoms with van der Waals surface area (Å²) < 4.78 is 52.2. The Balaban J connectivity index is 1.23. The van der Waals surface area contributed by atoms with E-state index in [4.69, 9.17) is 56.6 Å². The number of nitrogens with one attached hydrogen (secondary N) is 1. The molecule has 3 saturated heterocycles. The normalized spacial score (nSPS) is 36.6. The molecular weight excluding hydrogens is 704 g/mol. The van der Waals surface area contributed by atoms with E-state index in [1.54, 1.807) is 0 Å². The number of imidazole rings is 2. The van der Waals surface area contributed by atoms with E-state index in [-0.39, 0.29) is 53.7 Å². The molecule has 3 aliphatic heterocycles. The van der Waals surface area contributed by atoms with Gasteiger partial charge in [0, 0.05) is 5.92 Å². The van der Waals surface area contributed by atoms with Crippen LogP contribution in [0.5, 0.6) is 0 Å². The molecule has 4 unspecified atom stereocenters. The van der Waals surface area contributed by atoms with E-state index in [2.05, 4.69) is 42.2 Å². The fourth-order valence-corrected chi connectivity index (χ4v) is 8.88. The van der Waals surface area contributed by atoms with Crippen LogP contribution in [-0.2, 0) is 43.9 Å². The number of aliphatic hydroxyl groups excluding tert-OH is 1.